The molecule has 148 valence electrons. The summed E-state index contributed by atoms with van der Waals surface area (Å²) >= 11 is 5.98. The zero-order valence-electron chi connectivity index (χ0n) is 15.5. The summed E-state index contributed by atoms with van der Waals surface area (Å²) in [5.41, 5.74) is 1.22. The number of halogens is 1. The number of fused-ring (bicyclic) bond motifs is 1. The second kappa shape index (κ2) is 7.93. The number of amides is 2. The van der Waals surface area contributed by atoms with E-state index in [1.54, 1.807) is 54.6 Å². The smallest absolute Gasteiger partial charge is 0.338 e. The Bertz CT molecular complexity index is 1170. The third-order valence-electron chi connectivity index (χ3n) is 4.64. The molecule has 1 aliphatic heterocycles. The maximum Gasteiger partial charge on any atom is 0.338 e. The van der Waals surface area contributed by atoms with Crippen LogP contribution < -0.4 is 4.90 Å². The largest absolute Gasteiger partial charge is 0.454 e. The van der Waals surface area contributed by atoms with Gasteiger partial charge in [0.2, 0.25) is 5.78 Å². The molecule has 0 bridgehead atoms. The van der Waals surface area contributed by atoms with E-state index in [2.05, 4.69) is 0 Å². The molecule has 3 aromatic rings. The van der Waals surface area contributed by atoms with E-state index in [0.29, 0.717) is 11.1 Å². The number of Topliss-reactive ketones (excluding diaryl/α,β-unsaturated/α-hetero) is 1. The molecule has 0 radical (unpaired) electrons. The van der Waals surface area contributed by atoms with Crippen molar-refractivity contribution in [3.63, 3.8) is 0 Å². The molecule has 3 aromatic carbocycles. The van der Waals surface area contributed by atoms with Gasteiger partial charge in [0.1, 0.15) is 0 Å². The van der Waals surface area contributed by atoms with Gasteiger partial charge in [-0.2, -0.15) is 0 Å². The van der Waals surface area contributed by atoms with Gasteiger partial charge in [-0.15, -0.1) is 0 Å². The Morgan fingerprint density at radius 2 is 1.47 bits per heavy atom. The van der Waals surface area contributed by atoms with Crippen molar-refractivity contribution in [2.24, 2.45) is 0 Å². The van der Waals surface area contributed by atoms with E-state index in [1.807, 2.05) is 0 Å². The number of rotatable bonds is 5. The number of nitrogens with zero attached hydrogens (tertiary/aromatic N) is 1. The number of hydrogen-bond acceptors (Lipinski definition) is 5. The summed E-state index contributed by atoms with van der Waals surface area (Å²) in [5.74, 6) is -2.12. The first-order valence-corrected chi connectivity index (χ1v) is 9.38. The first-order valence-electron chi connectivity index (χ1n) is 9.00. The van der Waals surface area contributed by atoms with Crippen LogP contribution in [0.25, 0.3) is 0 Å². The van der Waals surface area contributed by atoms with E-state index in [0.717, 1.165) is 4.90 Å². The second-order valence-electron chi connectivity index (χ2n) is 6.52. The summed E-state index contributed by atoms with van der Waals surface area (Å²) in [4.78, 5) is 50.9. The van der Waals surface area contributed by atoms with Gasteiger partial charge >= 0.3 is 5.97 Å². The third kappa shape index (κ3) is 3.49. The van der Waals surface area contributed by atoms with Gasteiger partial charge in [-0.1, -0.05) is 41.9 Å². The van der Waals surface area contributed by atoms with Crippen LogP contribution in [0.4, 0.5) is 5.69 Å². The van der Waals surface area contributed by atoms with Crippen molar-refractivity contribution < 1.29 is 23.9 Å². The summed E-state index contributed by atoms with van der Waals surface area (Å²) < 4.78 is 5.10. The van der Waals surface area contributed by atoms with Gasteiger partial charge in [0.15, 0.2) is 6.61 Å². The number of carbonyl (C=O) groups excluding carboxylic acids is 4. The molecule has 0 unspecified atom stereocenters. The van der Waals surface area contributed by atoms with Crippen LogP contribution in [-0.2, 0) is 4.74 Å². The van der Waals surface area contributed by atoms with Crippen LogP contribution in [0.5, 0.6) is 0 Å². The van der Waals surface area contributed by atoms with Crippen molar-refractivity contribution in [2.45, 2.75) is 0 Å². The Hall–Kier alpha value is -3.77. The molecule has 30 heavy (non-hydrogen) atoms. The van der Waals surface area contributed by atoms with Crippen molar-refractivity contribution >= 4 is 40.9 Å². The number of ether oxygens (including phenoxy) is 1. The van der Waals surface area contributed by atoms with Crippen molar-refractivity contribution in [3.8, 4) is 0 Å². The van der Waals surface area contributed by atoms with Crippen LogP contribution in [0.3, 0.4) is 0 Å². The number of ketones is 1. The van der Waals surface area contributed by atoms with Gasteiger partial charge in [-0.25, -0.2) is 9.69 Å². The number of carbonyl (C=O) groups is 4. The number of benzene rings is 3. The topological polar surface area (TPSA) is 80.8 Å². The van der Waals surface area contributed by atoms with Crippen LogP contribution in [0.2, 0.25) is 5.02 Å². The second-order valence-corrected chi connectivity index (χ2v) is 6.93. The van der Waals surface area contributed by atoms with E-state index in [9.17, 15) is 19.2 Å². The zero-order chi connectivity index (χ0) is 21.3. The fourth-order valence-corrected chi connectivity index (χ4v) is 3.42. The molecule has 0 saturated heterocycles. The summed E-state index contributed by atoms with van der Waals surface area (Å²) in [6.07, 6.45) is 0. The van der Waals surface area contributed by atoms with Crippen LogP contribution in [-0.4, -0.2) is 30.2 Å². The number of imide groups is 1. The molecule has 1 aliphatic rings. The molecule has 0 aliphatic carbocycles. The highest BCUT2D eigenvalue weighted by Gasteiger charge is 2.36. The molecule has 6 nitrogen and oxygen atoms in total. The summed E-state index contributed by atoms with van der Waals surface area (Å²) in [6, 6.07) is 18.9. The van der Waals surface area contributed by atoms with Crippen LogP contribution in [0.1, 0.15) is 41.4 Å². The number of esters is 1. The maximum atomic E-state index is 12.6. The Labute approximate surface area is 176 Å². The highest BCUT2D eigenvalue weighted by atomic mass is 35.5. The molecule has 0 fully saturated rings. The van der Waals surface area contributed by atoms with Gasteiger partial charge in [0, 0.05) is 5.56 Å². The first kappa shape index (κ1) is 19.5. The molecule has 0 spiro atoms. The van der Waals surface area contributed by atoms with Crippen molar-refractivity contribution in [2.75, 3.05) is 11.5 Å². The lowest BCUT2D eigenvalue weighted by molar-refractivity contribution is 0.0474. The Morgan fingerprint density at radius 3 is 2.13 bits per heavy atom. The summed E-state index contributed by atoms with van der Waals surface area (Å²) in [6.45, 7) is -0.486. The molecular formula is C23H14ClNO5. The van der Waals surface area contributed by atoms with Crippen molar-refractivity contribution in [3.05, 3.63) is 100 Å². The first-order chi connectivity index (χ1) is 14.5. The molecule has 4 rings (SSSR count). The molecule has 0 saturated carbocycles. The fraction of sp³-hybridized carbons (Fsp3) is 0.0435. The molecule has 7 heteroatoms. The average Bonchev–Trinajstić information content (AvgIpc) is 3.02. The molecular weight excluding hydrogens is 406 g/mol. The normalized spacial score (nSPS) is 12.6. The maximum absolute atomic E-state index is 12.6. The predicted molar refractivity (Wildman–Crippen MR) is 110 cm³/mol. The lowest BCUT2D eigenvalue weighted by Crippen LogP contribution is -2.29. The number of anilines is 1. The fourth-order valence-electron chi connectivity index (χ4n) is 3.18. The lowest BCUT2D eigenvalue weighted by Gasteiger charge is -2.14. The van der Waals surface area contributed by atoms with Crippen LogP contribution in [0.15, 0.2) is 72.8 Å². The molecule has 0 aromatic heterocycles. The zero-order valence-corrected chi connectivity index (χ0v) is 16.3. The Balaban J connectivity index is 1.51. The molecule has 0 atom stereocenters. The Morgan fingerprint density at radius 1 is 0.833 bits per heavy atom. The predicted octanol–water partition coefficient (Wildman–Crippen LogP) is 4.18. The lowest BCUT2D eigenvalue weighted by atomic mass is 10.1. The van der Waals surface area contributed by atoms with E-state index >= 15 is 0 Å². The summed E-state index contributed by atoms with van der Waals surface area (Å²) in [7, 11) is 0. The molecule has 0 N–H and O–H groups in total. The molecule has 1 heterocycles. The SMILES string of the molecule is O=C(OCC(=O)c1ccccc1Cl)c1cccc(N2C(=O)c3ccccc3C2=O)c1. The van der Waals surface area contributed by atoms with Crippen LogP contribution in [0, 0.1) is 0 Å². The van der Waals surface area contributed by atoms with Crippen molar-refractivity contribution in [1.29, 1.82) is 0 Å². The van der Waals surface area contributed by atoms with E-state index < -0.39 is 30.2 Å². The van der Waals surface area contributed by atoms with E-state index in [4.69, 9.17) is 16.3 Å². The van der Waals surface area contributed by atoms with Gasteiger partial charge in [-0.05, 0) is 42.5 Å². The minimum Gasteiger partial charge on any atom is -0.454 e. The van der Waals surface area contributed by atoms with Crippen LogP contribution >= 0.6 is 11.6 Å². The highest BCUT2D eigenvalue weighted by Crippen LogP contribution is 2.28. The Kier molecular flexibility index (Phi) is 5.16. The monoisotopic (exact) mass is 419 g/mol. The standard InChI is InChI=1S/C23H14ClNO5/c24-19-11-4-3-10-18(19)20(26)13-30-23(29)14-6-5-7-15(12-14)25-21(27)16-8-1-2-9-17(16)22(25)28/h1-12H,13H2. The quantitative estimate of drug-likeness (QED) is 0.352. The van der Waals surface area contributed by atoms with Gasteiger partial charge in [0.05, 0.1) is 27.4 Å². The minimum absolute atomic E-state index is 0.107. The minimum atomic E-state index is -0.756. The molecule has 2 amide bonds. The third-order valence-corrected chi connectivity index (χ3v) is 4.97. The van der Waals surface area contributed by atoms with Gasteiger partial charge in [-0.3, -0.25) is 14.4 Å². The highest BCUT2D eigenvalue weighted by molar-refractivity contribution is 6.35. The number of hydrogen-bond donors (Lipinski definition) is 0. The average molecular weight is 420 g/mol. The van der Waals surface area contributed by atoms with Gasteiger partial charge in [0.25, 0.3) is 11.8 Å². The van der Waals surface area contributed by atoms with Gasteiger partial charge < -0.3 is 4.74 Å². The van der Waals surface area contributed by atoms with Crippen molar-refractivity contribution in [1.82, 2.24) is 0 Å². The van der Waals surface area contributed by atoms with E-state index in [-0.39, 0.29) is 21.8 Å². The van der Waals surface area contributed by atoms with E-state index in [1.165, 1.54) is 18.2 Å². The summed E-state index contributed by atoms with van der Waals surface area (Å²) in [5, 5.41) is 0.270.